The summed E-state index contributed by atoms with van der Waals surface area (Å²) in [7, 11) is 0. The number of nitrogens with one attached hydrogen (secondary N) is 1. The number of imide groups is 1. The van der Waals surface area contributed by atoms with Crippen molar-refractivity contribution in [2.75, 3.05) is 0 Å². The molecule has 0 saturated heterocycles. The summed E-state index contributed by atoms with van der Waals surface area (Å²) in [6.07, 6.45) is 4.14. The molecule has 1 N–H and O–H groups in total. The van der Waals surface area contributed by atoms with Gasteiger partial charge in [-0.25, -0.2) is 0 Å². The Morgan fingerprint density at radius 2 is 2.08 bits per heavy atom. The average Bonchev–Trinajstić information content (AvgIpc) is 2.63. The van der Waals surface area contributed by atoms with Crippen molar-refractivity contribution in [3.05, 3.63) is 0 Å². The maximum atomic E-state index is 11.5. The smallest absolute Gasteiger partial charge is 0.230 e. The van der Waals surface area contributed by atoms with Gasteiger partial charge in [0.15, 0.2) is 0 Å². The topological polar surface area (TPSA) is 46.2 Å². The first-order chi connectivity index (χ1) is 6.24. The van der Waals surface area contributed by atoms with Gasteiger partial charge in [0.2, 0.25) is 12.3 Å². The Bertz CT molecular complexity index is 237. The Balaban J connectivity index is 2.07. The number of carbonyl (C=O) groups is 2. The van der Waals surface area contributed by atoms with E-state index in [1.807, 2.05) is 0 Å². The second-order valence-corrected chi connectivity index (χ2v) is 4.34. The Morgan fingerprint density at radius 3 is 2.62 bits per heavy atom. The SMILES string of the molecule is C[C@@H]1[C@H]2CC[C@H](C2)[C@@H]1C(=O)NC=O. The van der Waals surface area contributed by atoms with Crippen LogP contribution in [0.3, 0.4) is 0 Å². The molecule has 2 aliphatic carbocycles. The summed E-state index contributed by atoms with van der Waals surface area (Å²) in [4.78, 5) is 21.7. The van der Waals surface area contributed by atoms with Crippen LogP contribution in [-0.4, -0.2) is 12.3 Å². The lowest BCUT2D eigenvalue weighted by molar-refractivity contribution is -0.131. The van der Waals surface area contributed by atoms with Crippen LogP contribution in [0.5, 0.6) is 0 Å². The van der Waals surface area contributed by atoms with Crippen molar-refractivity contribution < 1.29 is 9.59 Å². The zero-order valence-electron chi connectivity index (χ0n) is 7.82. The molecule has 3 heteroatoms. The summed E-state index contributed by atoms with van der Waals surface area (Å²) in [5.74, 6) is 1.78. The normalized spacial score (nSPS) is 41.9. The fourth-order valence-corrected chi connectivity index (χ4v) is 3.19. The van der Waals surface area contributed by atoms with Crippen molar-refractivity contribution in [2.24, 2.45) is 23.7 Å². The summed E-state index contributed by atoms with van der Waals surface area (Å²) in [5.41, 5.74) is 0. The minimum absolute atomic E-state index is 0.0605. The fourth-order valence-electron chi connectivity index (χ4n) is 3.19. The second kappa shape index (κ2) is 3.13. The van der Waals surface area contributed by atoms with Gasteiger partial charge in [-0.1, -0.05) is 6.92 Å². The van der Waals surface area contributed by atoms with Crippen LogP contribution in [0.15, 0.2) is 0 Å². The lowest BCUT2D eigenvalue weighted by atomic mass is 9.80. The highest BCUT2D eigenvalue weighted by Crippen LogP contribution is 2.51. The van der Waals surface area contributed by atoms with Crippen LogP contribution < -0.4 is 5.32 Å². The van der Waals surface area contributed by atoms with Gasteiger partial charge in [-0.15, -0.1) is 0 Å². The summed E-state index contributed by atoms with van der Waals surface area (Å²) in [6.45, 7) is 2.14. The molecular formula is C10H15NO2. The molecule has 0 aromatic heterocycles. The molecule has 0 spiro atoms. The van der Waals surface area contributed by atoms with E-state index in [1.54, 1.807) is 0 Å². The second-order valence-electron chi connectivity index (χ2n) is 4.34. The van der Waals surface area contributed by atoms with Gasteiger partial charge in [0.05, 0.1) is 0 Å². The molecule has 0 unspecified atom stereocenters. The first-order valence-electron chi connectivity index (χ1n) is 4.98. The first-order valence-corrected chi connectivity index (χ1v) is 4.98. The molecule has 0 aromatic carbocycles. The molecule has 0 aromatic rings. The average molecular weight is 181 g/mol. The first kappa shape index (κ1) is 8.73. The van der Waals surface area contributed by atoms with E-state index >= 15 is 0 Å². The predicted octanol–water partition coefficient (Wildman–Crippen LogP) is 0.941. The molecule has 3 nitrogen and oxygen atoms in total. The molecule has 72 valence electrons. The van der Waals surface area contributed by atoms with E-state index in [4.69, 9.17) is 0 Å². The molecule has 2 fully saturated rings. The Labute approximate surface area is 77.9 Å². The van der Waals surface area contributed by atoms with E-state index in [-0.39, 0.29) is 11.8 Å². The molecule has 0 radical (unpaired) electrons. The maximum absolute atomic E-state index is 11.5. The van der Waals surface area contributed by atoms with E-state index in [0.717, 1.165) is 5.92 Å². The molecule has 0 heterocycles. The standard InChI is InChI=1S/C10H15NO2/c1-6-7-2-3-8(4-7)9(6)10(13)11-5-12/h5-9H,2-4H2,1H3,(H,11,12,13)/t6-,7+,8-,9-/m1/s1. The van der Waals surface area contributed by atoms with Crippen LogP contribution in [0, 0.1) is 23.7 Å². The lowest BCUT2D eigenvalue weighted by Gasteiger charge is -2.26. The zero-order valence-corrected chi connectivity index (χ0v) is 7.82. The van der Waals surface area contributed by atoms with Crippen molar-refractivity contribution in [1.82, 2.24) is 5.32 Å². The van der Waals surface area contributed by atoms with E-state index in [0.29, 0.717) is 18.2 Å². The lowest BCUT2D eigenvalue weighted by Crippen LogP contribution is -2.36. The van der Waals surface area contributed by atoms with Crippen LogP contribution in [-0.2, 0) is 9.59 Å². The van der Waals surface area contributed by atoms with E-state index < -0.39 is 0 Å². The summed E-state index contributed by atoms with van der Waals surface area (Å²) < 4.78 is 0. The molecule has 2 rings (SSSR count). The van der Waals surface area contributed by atoms with Gasteiger partial charge >= 0.3 is 0 Å². The minimum Gasteiger partial charge on any atom is -0.299 e. The summed E-state index contributed by atoms with van der Waals surface area (Å²) in [6, 6.07) is 0. The van der Waals surface area contributed by atoms with Crippen molar-refractivity contribution in [3.8, 4) is 0 Å². The number of hydrogen-bond donors (Lipinski definition) is 1. The monoisotopic (exact) mass is 181 g/mol. The number of carbonyl (C=O) groups excluding carboxylic acids is 2. The fraction of sp³-hybridized carbons (Fsp3) is 0.800. The molecule has 2 bridgehead atoms. The van der Waals surface area contributed by atoms with Crippen molar-refractivity contribution in [1.29, 1.82) is 0 Å². The van der Waals surface area contributed by atoms with Gasteiger partial charge < -0.3 is 0 Å². The Kier molecular flexibility index (Phi) is 2.10. The van der Waals surface area contributed by atoms with Gasteiger partial charge in [0, 0.05) is 5.92 Å². The largest absolute Gasteiger partial charge is 0.299 e. The Hall–Kier alpha value is -0.860. The third kappa shape index (κ3) is 1.26. The van der Waals surface area contributed by atoms with Crippen LogP contribution in [0.1, 0.15) is 26.2 Å². The molecule has 4 atom stereocenters. The number of rotatable bonds is 2. The highest BCUT2D eigenvalue weighted by atomic mass is 16.2. The molecule has 0 aliphatic heterocycles. The molecule has 2 aliphatic rings. The van der Waals surface area contributed by atoms with Crippen LogP contribution in [0.4, 0.5) is 0 Å². The van der Waals surface area contributed by atoms with Gasteiger partial charge in [-0.3, -0.25) is 14.9 Å². The quantitative estimate of drug-likeness (QED) is 0.644. The summed E-state index contributed by atoms with van der Waals surface area (Å²) >= 11 is 0. The van der Waals surface area contributed by atoms with Crippen LogP contribution in [0.2, 0.25) is 0 Å². The van der Waals surface area contributed by atoms with Gasteiger partial charge in [0.1, 0.15) is 0 Å². The maximum Gasteiger partial charge on any atom is 0.230 e. The number of hydrogen-bond acceptors (Lipinski definition) is 2. The Morgan fingerprint density at radius 1 is 1.38 bits per heavy atom. The third-order valence-corrected chi connectivity index (χ3v) is 3.84. The molecular weight excluding hydrogens is 166 g/mol. The number of amides is 2. The van der Waals surface area contributed by atoms with Crippen molar-refractivity contribution >= 4 is 12.3 Å². The third-order valence-electron chi connectivity index (χ3n) is 3.84. The van der Waals surface area contributed by atoms with Crippen LogP contribution >= 0.6 is 0 Å². The predicted molar refractivity (Wildman–Crippen MR) is 47.7 cm³/mol. The number of fused-ring (bicyclic) bond motifs is 2. The van der Waals surface area contributed by atoms with Crippen molar-refractivity contribution in [2.45, 2.75) is 26.2 Å². The molecule has 2 saturated carbocycles. The van der Waals surface area contributed by atoms with E-state index in [9.17, 15) is 9.59 Å². The highest BCUT2D eigenvalue weighted by Gasteiger charge is 2.48. The highest BCUT2D eigenvalue weighted by molar-refractivity contribution is 5.88. The van der Waals surface area contributed by atoms with Gasteiger partial charge in [0.25, 0.3) is 0 Å². The van der Waals surface area contributed by atoms with Crippen LogP contribution in [0.25, 0.3) is 0 Å². The summed E-state index contributed by atoms with van der Waals surface area (Å²) in [5, 5.41) is 2.28. The minimum atomic E-state index is -0.0605. The van der Waals surface area contributed by atoms with Gasteiger partial charge in [-0.05, 0) is 37.0 Å². The van der Waals surface area contributed by atoms with E-state index in [1.165, 1.54) is 19.3 Å². The van der Waals surface area contributed by atoms with Crippen molar-refractivity contribution in [3.63, 3.8) is 0 Å². The van der Waals surface area contributed by atoms with Gasteiger partial charge in [-0.2, -0.15) is 0 Å². The molecule has 13 heavy (non-hydrogen) atoms. The van der Waals surface area contributed by atoms with E-state index in [2.05, 4.69) is 12.2 Å². The zero-order chi connectivity index (χ0) is 9.42. The molecule has 2 amide bonds.